The van der Waals surface area contributed by atoms with E-state index < -0.39 is 5.54 Å². The molecular formula is C49H42N6O2. The average molecular weight is 747 g/mol. The Kier molecular flexibility index (Phi) is 9.03. The number of aromatic nitrogens is 5. The molecule has 0 saturated carbocycles. The number of benzene rings is 6. The molecule has 8 aromatic rings. The number of hydrogen-bond donors (Lipinski definition) is 1. The predicted octanol–water partition coefficient (Wildman–Crippen LogP) is 9.92. The number of carbonyl (C=O) groups excluding carboxylic acids is 1. The minimum Gasteiger partial charge on any atom is -0.356 e. The topological polar surface area (TPSA) is 86.9 Å². The molecule has 8 heteroatoms. The molecular weight excluding hydrogens is 705 g/mol. The molecule has 8 nitrogen and oxygen atoms in total. The van der Waals surface area contributed by atoms with Gasteiger partial charge in [-0.2, -0.15) is 5.10 Å². The molecule has 2 aromatic heterocycles. The fraction of sp³-hybridized carbons (Fsp3) is 0.184. The molecule has 1 amide bonds. The quantitative estimate of drug-likeness (QED) is 0.149. The second kappa shape index (κ2) is 14.8. The number of amides is 1. The zero-order valence-corrected chi connectivity index (χ0v) is 31.5. The fourth-order valence-corrected chi connectivity index (χ4v) is 8.88. The summed E-state index contributed by atoms with van der Waals surface area (Å²) in [6.45, 7) is 0.701. The van der Waals surface area contributed by atoms with Gasteiger partial charge < -0.3 is 10.1 Å². The summed E-state index contributed by atoms with van der Waals surface area (Å²) in [5, 5.41) is 14.8. The van der Waals surface area contributed by atoms with E-state index in [-0.39, 0.29) is 18.2 Å². The van der Waals surface area contributed by atoms with Crippen LogP contribution >= 0.6 is 0 Å². The first-order valence-electron chi connectivity index (χ1n) is 19.9. The van der Waals surface area contributed by atoms with Crippen molar-refractivity contribution in [2.45, 2.75) is 49.9 Å². The monoisotopic (exact) mass is 746 g/mol. The van der Waals surface area contributed by atoms with Gasteiger partial charge in [-0.3, -0.25) is 4.79 Å². The number of hydrogen-bond acceptors (Lipinski definition) is 5. The van der Waals surface area contributed by atoms with Gasteiger partial charge in [0.2, 0.25) is 0 Å². The van der Waals surface area contributed by atoms with E-state index in [1.807, 2.05) is 64.2 Å². The molecule has 0 radical (unpaired) electrons. The first-order chi connectivity index (χ1) is 28.2. The Bertz CT molecular complexity index is 2590. The van der Waals surface area contributed by atoms with Gasteiger partial charge in [-0.15, -0.1) is 5.10 Å². The molecule has 1 N–H and O–H groups in total. The number of rotatable bonds is 9. The predicted molar refractivity (Wildman–Crippen MR) is 223 cm³/mol. The first kappa shape index (κ1) is 34.8. The maximum absolute atomic E-state index is 13.8. The maximum atomic E-state index is 13.8. The van der Waals surface area contributed by atoms with E-state index in [0.29, 0.717) is 18.0 Å². The van der Waals surface area contributed by atoms with E-state index in [2.05, 4.69) is 115 Å². The van der Waals surface area contributed by atoms with Crippen molar-refractivity contribution in [3.8, 4) is 22.6 Å². The lowest BCUT2D eigenvalue weighted by Gasteiger charge is -2.35. The van der Waals surface area contributed by atoms with E-state index in [0.717, 1.165) is 76.5 Å². The molecule has 6 aromatic carbocycles. The van der Waals surface area contributed by atoms with Crippen molar-refractivity contribution in [2.75, 3.05) is 6.61 Å². The highest BCUT2D eigenvalue weighted by Gasteiger charge is 2.40. The fourth-order valence-electron chi connectivity index (χ4n) is 8.88. The maximum Gasteiger partial charge on any atom is 0.251 e. The number of nitrogens with one attached hydrogen (secondary N) is 1. The Morgan fingerprint density at radius 1 is 0.684 bits per heavy atom. The van der Waals surface area contributed by atoms with Gasteiger partial charge in [-0.25, -0.2) is 14.3 Å². The van der Waals surface area contributed by atoms with E-state index in [1.165, 1.54) is 11.1 Å². The average Bonchev–Trinajstić information content (AvgIpc) is 4.04. The standard InChI is InChI=1S/C49H42N6O2/c56-48(51-43-28-26-34-15-10-11-24-41(34)43)37-17-14-16-35(31-37)46-42-32-36(27-29-44(42)55(52-46)45-25-12-13-30-57-45)47-50-33-54(53-47)49(38-18-4-1-5-19-38,39-20-6-2-7-21-39)40-22-8-3-9-23-40/h1-11,14-24,27,29,31-33,43,45H,12-13,25-26,28,30H2,(H,51,56)/t43-,45?/m0/s1. The van der Waals surface area contributed by atoms with Crippen LogP contribution in [0.2, 0.25) is 0 Å². The summed E-state index contributed by atoms with van der Waals surface area (Å²) >= 11 is 0. The Balaban J connectivity index is 1.07. The molecule has 1 aliphatic carbocycles. The van der Waals surface area contributed by atoms with Crippen molar-refractivity contribution in [3.63, 3.8) is 0 Å². The van der Waals surface area contributed by atoms with E-state index in [4.69, 9.17) is 19.9 Å². The number of carbonyl (C=O) groups is 1. The molecule has 0 spiro atoms. The number of nitrogens with zero attached hydrogens (tertiary/aromatic N) is 5. The van der Waals surface area contributed by atoms with Crippen LogP contribution in [0.1, 0.15) is 76.1 Å². The zero-order chi connectivity index (χ0) is 38.2. The van der Waals surface area contributed by atoms with Crippen molar-refractivity contribution < 1.29 is 9.53 Å². The molecule has 3 heterocycles. The molecule has 1 saturated heterocycles. The molecule has 1 unspecified atom stereocenters. The minimum atomic E-state index is -0.783. The molecule has 1 aliphatic heterocycles. The lowest BCUT2D eigenvalue weighted by Crippen LogP contribution is -2.38. The van der Waals surface area contributed by atoms with Crippen molar-refractivity contribution in [3.05, 3.63) is 197 Å². The highest BCUT2D eigenvalue weighted by Crippen LogP contribution is 2.41. The van der Waals surface area contributed by atoms with Crippen LogP contribution in [-0.2, 0) is 16.7 Å². The Morgan fingerprint density at radius 3 is 2.09 bits per heavy atom. The van der Waals surface area contributed by atoms with Crippen molar-refractivity contribution in [1.82, 2.24) is 29.9 Å². The number of aryl methyl sites for hydroxylation is 1. The van der Waals surface area contributed by atoms with Crippen LogP contribution in [0.4, 0.5) is 0 Å². The molecule has 0 bridgehead atoms. The largest absolute Gasteiger partial charge is 0.356 e. The summed E-state index contributed by atoms with van der Waals surface area (Å²) in [4.78, 5) is 18.7. The summed E-state index contributed by atoms with van der Waals surface area (Å²) in [6.07, 6.45) is 6.54. The smallest absolute Gasteiger partial charge is 0.251 e. The van der Waals surface area contributed by atoms with Gasteiger partial charge in [-0.05, 0) is 90.3 Å². The van der Waals surface area contributed by atoms with E-state index in [1.54, 1.807) is 0 Å². The molecule has 280 valence electrons. The first-order valence-corrected chi connectivity index (χ1v) is 19.9. The van der Waals surface area contributed by atoms with Crippen LogP contribution in [0.15, 0.2) is 164 Å². The second-order valence-corrected chi connectivity index (χ2v) is 15.0. The summed E-state index contributed by atoms with van der Waals surface area (Å²) in [5.74, 6) is 0.508. The molecule has 10 rings (SSSR count). The van der Waals surface area contributed by atoms with Crippen LogP contribution in [-0.4, -0.2) is 37.1 Å². The van der Waals surface area contributed by atoms with Crippen LogP contribution in [0, 0.1) is 0 Å². The van der Waals surface area contributed by atoms with Crippen LogP contribution in [0.3, 0.4) is 0 Å². The number of fused-ring (bicyclic) bond motifs is 2. The SMILES string of the molecule is O=C(N[C@H]1CCc2ccccc21)c1cccc(-c2nn(C3CCCCO3)c3ccc(-c4ncn(C(c5ccccc5)(c5ccccc5)c5ccccc5)n4)cc23)c1. The third-order valence-electron chi connectivity index (χ3n) is 11.6. The Hall–Kier alpha value is -6.64. The number of ether oxygens (including phenoxy) is 1. The van der Waals surface area contributed by atoms with Crippen LogP contribution in [0.25, 0.3) is 33.5 Å². The third kappa shape index (κ3) is 6.23. The normalized spacial score (nSPS) is 16.7. The highest BCUT2D eigenvalue weighted by molar-refractivity contribution is 5.99. The Labute approximate surface area is 331 Å². The van der Waals surface area contributed by atoms with Gasteiger partial charge in [0.1, 0.15) is 17.6 Å². The molecule has 2 atom stereocenters. The summed E-state index contributed by atoms with van der Waals surface area (Å²) in [6, 6.07) is 54.0. The van der Waals surface area contributed by atoms with Gasteiger partial charge >= 0.3 is 0 Å². The van der Waals surface area contributed by atoms with Crippen LogP contribution in [0.5, 0.6) is 0 Å². The molecule has 1 fully saturated rings. The van der Waals surface area contributed by atoms with Gasteiger partial charge in [-0.1, -0.05) is 127 Å². The lowest BCUT2D eigenvalue weighted by molar-refractivity contribution is -0.0365. The van der Waals surface area contributed by atoms with Gasteiger partial charge in [0.15, 0.2) is 12.1 Å². The van der Waals surface area contributed by atoms with Crippen molar-refractivity contribution in [2.24, 2.45) is 0 Å². The summed E-state index contributed by atoms with van der Waals surface area (Å²) in [7, 11) is 0. The summed E-state index contributed by atoms with van der Waals surface area (Å²) < 4.78 is 10.3. The van der Waals surface area contributed by atoms with E-state index in [9.17, 15) is 4.79 Å². The lowest BCUT2D eigenvalue weighted by atomic mass is 9.77. The zero-order valence-electron chi connectivity index (χ0n) is 31.5. The minimum absolute atomic E-state index is 0.000110. The van der Waals surface area contributed by atoms with Gasteiger partial charge in [0.25, 0.3) is 5.91 Å². The summed E-state index contributed by atoms with van der Waals surface area (Å²) in [5.41, 5.74) is 9.03. The van der Waals surface area contributed by atoms with Gasteiger partial charge in [0.05, 0.1) is 11.6 Å². The molecule has 2 aliphatic rings. The van der Waals surface area contributed by atoms with Gasteiger partial charge in [0, 0.05) is 28.7 Å². The van der Waals surface area contributed by atoms with Crippen molar-refractivity contribution >= 4 is 16.8 Å². The Morgan fingerprint density at radius 2 is 1.39 bits per heavy atom. The highest BCUT2D eigenvalue weighted by atomic mass is 16.5. The van der Waals surface area contributed by atoms with Crippen LogP contribution < -0.4 is 5.32 Å². The van der Waals surface area contributed by atoms with E-state index >= 15 is 0 Å². The molecule has 57 heavy (non-hydrogen) atoms. The third-order valence-corrected chi connectivity index (χ3v) is 11.6. The van der Waals surface area contributed by atoms with Crippen molar-refractivity contribution in [1.29, 1.82) is 0 Å². The second-order valence-electron chi connectivity index (χ2n) is 15.0.